The van der Waals surface area contributed by atoms with Gasteiger partial charge in [-0.3, -0.25) is 14.6 Å². The van der Waals surface area contributed by atoms with E-state index < -0.39 is 11.3 Å². The molecule has 136 valence electrons. The number of carbonyl (C=O) groups is 1. The van der Waals surface area contributed by atoms with Crippen LogP contribution in [0.5, 0.6) is 0 Å². The maximum atomic E-state index is 12.0. The van der Waals surface area contributed by atoms with Gasteiger partial charge in [-0.2, -0.15) is 9.78 Å². The monoisotopic (exact) mass is 375 g/mol. The zero-order valence-corrected chi connectivity index (χ0v) is 15.1. The molecule has 1 atom stereocenters. The molecule has 1 amide bonds. The maximum Gasteiger partial charge on any atom is 0.252 e. The van der Waals surface area contributed by atoms with Crippen LogP contribution in [0.15, 0.2) is 39.7 Å². The van der Waals surface area contributed by atoms with Gasteiger partial charge in [0, 0.05) is 17.8 Å². The van der Waals surface area contributed by atoms with Crippen molar-refractivity contribution in [1.82, 2.24) is 19.7 Å². The summed E-state index contributed by atoms with van der Waals surface area (Å²) in [5.41, 5.74) is 0.830. The first kappa shape index (κ1) is 17.9. The lowest BCUT2D eigenvalue weighted by atomic mass is 10.2. The van der Waals surface area contributed by atoms with Gasteiger partial charge in [-0.1, -0.05) is 13.3 Å². The van der Waals surface area contributed by atoms with Crippen molar-refractivity contribution in [2.75, 3.05) is 5.32 Å². The van der Waals surface area contributed by atoms with Gasteiger partial charge in [0.25, 0.3) is 5.56 Å². The van der Waals surface area contributed by atoms with E-state index in [1.165, 1.54) is 17.0 Å². The fraction of sp³-hybridized carbons (Fsp3) is 0.294. The third kappa shape index (κ3) is 3.85. The average Bonchev–Trinajstić information content (AvgIpc) is 3.23. The van der Waals surface area contributed by atoms with Crippen molar-refractivity contribution in [2.45, 2.75) is 32.1 Å². The molecule has 3 aromatic rings. The van der Waals surface area contributed by atoms with E-state index in [-0.39, 0.29) is 11.5 Å². The molecule has 0 aromatic carbocycles. The smallest absolute Gasteiger partial charge is 0.252 e. The van der Waals surface area contributed by atoms with Crippen LogP contribution in [0.3, 0.4) is 0 Å². The van der Waals surface area contributed by atoms with Crippen molar-refractivity contribution in [1.29, 1.82) is 0 Å². The van der Waals surface area contributed by atoms with E-state index >= 15 is 0 Å². The number of aromatic amines is 1. The normalized spacial score (nSPS) is 12.1. The Morgan fingerprint density at radius 2 is 2.27 bits per heavy atom. The molecule has 0 radical (unpaired) electrons. The Morgan fingerprint density at radius 1 is 1.46 bits per heavy atom. The lowest BCUT2D eigenvalue weighted by Gasteiger charge is -2.09. The molecule has 0 aliphatic heterocycles. The Bertz CT molecular complexity index is 959. The van der Waals surface area contributed by atoms with Gasteiger partial charge in [-0.05, 0) is 25.5 Å². The van der Waals surface area contributed by atoms with Crippen molar-refractivity contribution in [3.63, 3.8) is 0 Å². The summed E-state index contributed by atoms with van der Waals surface area (Å²) in [5, 5.41) is 6.37. The van der Waals surface area contributed by atoms with Gasteiger partial charge in [0.05, 0.1) is 6.26 Å². The highest BCUT2D eigenvalue weighted by Crippen LogP contribution is 2.24. The third-order valence-electron chi connectivity index (χ3n) is 3.58. The first-order chi connectivity index (χ1) is 12.5. The van der Waals surface area contributed by atoms with Crippen LogP contribution in [-0.2, 0) is 11.2 Å². The first-order valence-electron chi connectivity index (χ1n) is 8.17. The van der Waals surface area contributed by atoms with Crippen molar-refractivity contribution < 1.29 is 9.21 Å². The molecule has 26 heavy (non-hydrogen) atoms. The molecule has 0 aliphatic rings. The van der Waals surface area contributed by atoms with E-state index in [9.17, 15) is 9.59 Å². The van der Waals surface area contributed by atoms with Gasteiger partial charge >= 0.3 is 0 Å². The van der Waals surface area contributed by atoms with E-state index in [0.29, 0.717) is 29.4 Å². The van der Waals surface area contributed by atoms with Gasteiger partial charge in [-0.15, -0.1) is 11.6 Å². The largest absolute Gasteiger partial charge is 0.463 e. The molecule has 3 rings (SSSR count). The Hall–Kier alpha value is -2.87. The second-order valence-electron chi connectivity index (χ2n) is 5.72. The molecule has 0 saturated heterocycles. The summed E-state index contributed by atoms with van der Waals surface area (Å²) in [6, 6.07) is 6.55. The molecule has 0 spiro atoms. The van der Waals surface area contributed by atoms with Gasteiger partial charge in [0.1, 0.15) is 16.9 Å². The molecule has 8 nitrogen and oxygen atoms in total. The molecule has 3 aromatic heterocycles. The summed E-state index contributed by atoms with van der Waals surface area (Å²) in [6.07, 6.45) is 3.03. The molecule has 0 aliphatic carbocycles. The molecule has 1 unspecified atom stereocenters. The van der Waals surface area contributed by atoms with Gasteiger partial charge < -0.3 is 9.73 Å². The van der Waals surface area contributed by atoms with Gasteiger partial charge in [0.15, 0.2) is 5.76 Å². The van der Waals surface area contributed by atoms with Crippen LogP contribution in [0.25, 0.3) is 17.4 Å². The topological polar surface area (TPSA) is 106 Å². The van der Waals surface area contributed by atoms with Crippen LogP contribution in [0.4, 0.5) is 5.82 Å². The third-order valence-corrected chi connectivity index (χ3v) is 3.78. The summed E-state index contributed by atoms with van der Waals surface area (Å²) in [7, 11) is 0. The van der Waals surface area contributed by atoms with Crippen molar-refractivity contribution in [3.8, 4) is 17.4 Å². The van der Waals surface area contributed by atoms with Crippen molar-refractivity contribution in [2.24, 2.45) is 0 Å². The minimum Gasteiger partial charge on any atom is -0.463 e. The second kappa shape index (κ2) is 7.57. The average molecular weight is 376 g/mol. The van der Waals surface area contributed by atoms with E-state index in [2.05, 4.69) is 20.4 Å². The number of H-pyrrole nitrogens is 1. The number of aromatic nitrogens is 4. The van der Waals surface area contributed by atoms with Crippen LogP contribution in [-0.4, -0.2) is 31.0 Å². The van der Waals surface area contributed by atoms with Crippen LogP contribution >= 0.6 is 11.6 Å². The number of amides is 1. The van der Waals surface area contributed by atoms with E-state index in [0.717, 1.165) is 6.42 Å². The van der Waals surface area contributed by atoms with E-state index in [4.69, 9.17) is 16.0 Å². The second-order valence-corrected chi connectivity index (χ2v) is 6.37. The molecule has 0 bridgehead atoms. The fourth-order valence-electron chi connectivity index (χ4n) is 2.38. The number of carbonyl (C=O) groups excluding carboxylic acids is 1. The van der Waals surface area contributed by atoms with Crippen molar-refractivity contribution >= 4 is 23.3 Å². The SMILES string of the molecule is CCCc1cc(=O)[nH]c(-n2nc(-c3ccco3)cc2NC(=O)C(C)Cl)n1. The zero-order chi connectivity index (χ0) is 18.7. The Balaban J connectivity index is 2.09. The predicted molar refractivity (Wildman–Crippen MR) is 97.6 cm³/mol. The lowest BCUT2D eigenvalue weighted by molar-refractivity contribution is -0.115. The van der Waals surface area contributed by atoms with E-state index in [1.54, 1.807) is 25.1 Å². The molecule has 2 N–H and O–H groups in total. The van der Waals surface area contributed by atoms with Crippen LogP contribution in [0.1, 0.15) is 26.0 Å². The van der Waals surface area contributed by atoms with Gasteiger partial charge in [-0.25, -0.2) is 4.98 Å². The number of anilines is 1. The number of rotatable bonds is 6. The summed E-state index contributed by atoms with van der Waals surface area (Å²) in [6.45, 7) is 3.56. The Labute approximate surface area is 154 Å². The summed E-state index contributed by atoms with van der Waals surface area (Å²) >= 11 is 5.84. The first-order valence-corrected chi connectivity index (χ1v) is 8.61. The van der Waals surface area contributed by atoms with Gasteiger partial charge in [0.2, 0.25) is 11.9 Å². The minimum absolute atomic E-state index is 0.205. The summed E-state index contributed by atoms with van der Waals surface area (Å²) in [4.78, 5) is 31.1. The molecule has 9 heteroatoms. The maximum absolute atomic E-state index is 12.0. The Kier molecular flexibility index (Phi) is 5.22. The number of alkyl halides is 1. The predicted octanol–water partition coefficient (Wildman–Crippen LogP) is 2.73. The number of furan rings is 1. The van der Waals surface area contributed by atoms with Crippen molar-refractivity contribution in [3.05, 3.63) is 46.6 Å². The Morgan fingerprint density at radius 3 is 2.92 bits per heavy atom. The number of hydrogen-bond acceptors (Lipinski definition) is 5. The molecule has 3 heterocycles. The highest BCUT2D eigenvalue weighted by Gasteiger charge is 2.18. The quantitative estimate of drug-likeness (QED) is 0.644. The number of hydrogen-bond donors (Lipinski definition) is 2. The highest BCUT2D eigenvalue weighted by atomic mass is 35.5. The molecule has 0 saturated carbocycles. The standard InChI is InChI=1S/C17H18ClN5O3/c1-3-5-11-8-15(24)21-17(19-11)23-14(20-16(25)10(2)18)9-12(22-23)13-6-4-7-26-13/h4,6-10H,3,5H2,1-2H3,(H,20,25)(H,19,21,24). The molecular formula is C17H18ClN5O3. The van der Waals surface area contributed by atoms with E-state index in [1.807, 2.05) is 6.92 Å². The summed E-state index contributed by atoms with van der Waals surface area (Å²) < 4.78 is 6.71. The van der Waals surface area contributed by atoms with Crippen LogP contribution in [0.2, 0.25) is 0 Å². The molecular weight excluding hydrogens is 358 g/mol. The lowest BCUT2D eigenvalue weighted by Crippen LogP contribution is -2.23. The highest BCUT2D eigenvalue weighted by molar-refractivity contribution is 6.32. The zero-order valence-electron chi connectivity index (χ0n) is 14.3. The van der Waals surface area contributed by atoms with Crippen LogP contribution in [0, 0.1) is 0 Å². The number of halogens is 1. The number of aryl methyl sites for hydroxylation is 1. The minimum atomic E-state index is -0.733. The molecule has 0 fully saturated rings. The fourth-order valence-corrected chi connectivity index (χ4v) is 2.43. The summed E-state index contributed by atoms with van der Waals surface area (Å²) in [5.74, 6) is 0.651. The number of nitrogens with zero attached hydrogens (tertiary/aromatic N) is 3. The number of nitrogens with one attached hydrogen (secondary N) is 2. The van der Waals surface area contributed by atoms with Crippen LogP contribution < -0.4 is 10.9 Å².